The second kappa shape index (κ2) is 5.99. The maximum absolute atomic E-state index is 10.8. The first-order valence-corrected chi connectivity index (χ1v) is 5.44. The average Bonchev–Trinajstić information content (AvgIpc) is 2.88. The van der Waals surface area contributed by atoms with Gasteiger partial charge in [0.15, 0.2) is 0 Å². The van der Waals surface area contributed by atoms with Gasteiger partial charge in [-0.1, -0.05) is 0 Å². The van der Waals surface area contributed by atoms with Crippen molar-refractivity contribution >= 4 is 24.0 Å². The Morgan fingerprint density at radius 1 is 1.85 bits per heavy atom. The van der Waals surface area contributed by atoms with E-state index in [0.29, 0.717) is 12.6 Å². The normalized spacial score (nSPS) is 20.5. The summed E-state index contributed by atoms with van der Waals surface area (Å²) in [5.41, 5.74) is 0. The number of epoxide rings is 1. The molecule has 4 nitrogen and oxygen atoms in total. The molecule has 0 bridgehead atoms. The molecule has 74 valence electrons. The van der Waals surface area contributed by atoms with E-state index in [1.165, 1.54) is 6.21 Å². The number of rotatable bonds is 5. The van der Waals surface area contributed by atoms with E-state index in [1.807, 2.05) is 0 Å². The number of hydrogen-bond donors (Lipinski definition) is 1. The van der Waals surface area contributed by atoms with Crippen LogP contribution in [0.1, 0.15) is 6.92 Å². The zero-order chi connectivity index (χ0) is 9.52. The van der Waals surface area contributed by atoms with Gasteiger partial charge in [0.05, 0.1) is 12.7 Å². The van der Waals surface area contributed by atoms with Crippen LogP contribution in [-0.2, 0) is 4.74 Å². The minimum atomic E-state index is -0.259. The molecule has 0 aromatic heterocycles. The maximum Gasteiger partial charge on any atom is 0.340 e. The smallest absolute Gasteiger partial charge is 0.340 e. The number of amides is 2. The highest BCUT2D eigenvalue weighted by Crippen LogP contribution is 2.15. The van der Waals surface area contributed by atoms with Crippen molar-refractivity contribution in [2.75, 3.05) is 24.7 Å². The lowest BCUT2D eigenvalue weighted by atomic mass is 10.6. The number of carbonyl (C=O) groups excluding carboxylic acids is 1. The van der Waals surface area contributed by atoms with Crippen LogP contribution in [0.4, 0.5) is 4.79 Å². The third-order valence-corrected chi connectivity index (χ3v) is 2.58. The SMILES string of the molecule is CC=NC(=O)NCCSCC1CO1. The summed E-state index contributed by atoms with van der Waals surface area (Å²) in [6.07, 6.45) is 1.95. The Hall–Kier alpha value is -0.550. The second-order valence-electron chi connectivity index (χ2n) is 2.65. The molecule has 1 unspecified atom stereocenters. The molecule has 1 aliphatic rings. The molecule has 1 rings (SSSR count). The van der Waals surface area contributed by atoms with Crippen molar-refractivity contribution in [1.29, 1.82) is 0 Å². The van der Waals surface area contributed by atoms with Crippen LogP contribution in [0.2, 0.25) is 0 Å². The molecule has 1 aliphatic heterocycles. The van der Waals surface area contributed by atoms with E-state index in [9.17, 15) is 4.79 Å². The van der Waals surface area contributed by atoms with Crippen molar-refractivity contribution in [1.82, 2.24) is 5.32 Å². The van der Waals surface area contributed by atoms with Gasteiger partial charge < -0.3 is 10.1 Å². The monoisotopic (exact) mass is 202 g/mol. The van der Waals surface area contributed by atoms with Gasteiger partial charge in [0.1, 0.15) is 0 Å². The molecule has 0 aliphatic carbocycles. The summed E-state index contributed by atoms with van der Waals surface area (Å²) < 4.78 is 5.04. The Kier molecular flexibility index (Phi) is 4.85. The Bertz CT molecular complexity index is 193. The molecule has 1 saturated heterocycles. The van der Waals surface area contributed by atoms with Crippen LogP contribution in [0.15, 0.2) is 4.99 Å². The Labute approximate surface area is 82.1 Å². The summed E-state index contributed by atoms with van der Waals surface area (Å²) in [4.78, 5) is 14.4. The lowest BCUT2D eigenvalue weighted by Gasteiger charge is -1.99. The molecule has 1 N–H and O–H groups in total. The summed E-state index contributed by atoms with van der Waals surface area (Å²) in [5, 5.41) is 2.68. The van der Waals surface area contributed by atoms with Gasteiger partial charge in [0.2, 0.25) is 0 Å². The highest BCUT2D eigenvalue weighted by atomic mass is 32.2. The topological polar surface area (TPSA) is 54.0 Å². The van der Waals surface area contributed by atoms with Crippen LogP contribution in [0.3, 0.4) is 0 Å². The highest BCUT2D eigenvalue weighted by molar-refractivity contribution is 7.99. The van der Waals surface area contributed by atoms with Crippen LogP contribution in [0.25, 0.3) is 0 Å². The van der Waals surface area contributed by atoms with Gasteiger partial charge in [-0.15, -0.1) is 0 Å². The average molecular weight is 202 g/mol. The van der Waals surface area contributed by atoms with Crippen LogP contribution >= 0.6 is 11.8 Å². The Morgan fingerprint density at radius 3 is 3.23 bits per heavy atom. The molecule has 0 saturated carbocycles. The largest absolute Gasteiger partial charge is 0.372 e. The molecule has 0 aromatic carbocycles. The lowest BCUT2D eigenvalue weighted by molar-refractivity contribution is 0.250. The summed E-state index contributed by atoms with van der Waals surface area (Å²) in [7, 11) is 0. The van der Waals surface area contributed by atoms with E-state index in [2.05, 4.69) is 10.3 Å². The molecule has 2 amide bonds. The molecular formula is C8H14N2O2S. The number of aliphatic imine (C=N–C) groups is 1. The van der Waals surface area contributed by atoms with E-state index in [0.717, 1.165) is 18.1 Å². The van der Waals surface area contributed by atoms with Crippen molar-refractivity contribution in [3.8, 4) is 0 Å². The fraction of sp³-hybridized carbons (Fsp3) is 0.750. The standard InChI is InChI=1S/C8H14N2O2S/c1-2-9-8(11)10-3-4-13-6-7-5-12-7/h2,7H,3-6H2,1H3,(H,10,11). The second-order valence-corrected chi connectivity index (χ2v) is 3.80. The first kappa shape index (κ1) is 10.5. The summed E-state index contributed by atoms with van der Waals surface area (Å²) in [6, 6.07) is -0.259. The highest BCUT2D eigenvalue weighted by Gasteiger charge is 2.21. The molecule has 13 heavy (non-hydrogen) atoms. The summed E-state index contributed by atoms with van der Waals surface area (Å²) in [6.45, 7) is 3.30. The number of urea groups is 1. The van der Waals surface area contributed by atoms with Gasteiger partial charge in [-0.3, -0.25) is 0 Å². The van der Waals surface area contributed by atoms with Crippen molar-refractivity contribution in [3.05, 3.63) is 0 Å². The molecule has 1 fully saturated rings. The van der Waals surface area contributed by atoms with Crippen molar-refractivity contribution in [3.63, 3.8) is 0 Å². The minimum Gasteiger partial charge on any atom is -0.372 e. The number of ether oxygens (including phenoxy) is 1. The number of thioether (sulfide) groups is 1. The van der Waals surface area contributed by atoms with Crippen LogP contribution in [0.5, 0.6) is 0 Å². The van der Waals surface area contributed by atoms with Gasteiger partial charge >= 0.3 is 6.03 Å². The van der Waals surface area contributed by atoms with E-state index in [4.69, 9.17) is 4.74 Å². The van der Waals surface area contributed by atoms with Crippen molar-refractivity contribution in [2.24, 2.45) is 4.99 Å². The molecular weight excluding hydrogens is 188 g/mol. The zero-order valence-corrected chi connectivity index (χ0v) is 8.47. The fourth-order valence-electron chi connectivity index (χ4n) is 0.772. The van der Waals surface area contributed by atoms with Crippen LogP contribution in [-0.4, -0.2) is 43.0 Å². The first-order chi connectivity index (χ1) is 6.33. The number of nitrogens with one attached hydrogen (secondary N) is 1. The van der Waals surface area contributed by atoms with Gasteiger partial charge in [-0.25, -0.2) is 9.79 Å². The van der Waals surface area contributed by atoms with E-state index >= 15 is 0 Å². The fourth-order valence-corrected chi connectivity index (χ4v) is 1.64. The van der Waals surface area contributed by atoms with E-state index in [1.54, 1.807) is 18.7 Å². The molecule has 0 aromatic rings. The molecule has 1 heterocycles. The Balaban J connectivity index is 1.84. The number of hydrogen-bond acceptors (Lipinski definition) is 3. The predicted octanol–water partition coefficient (Wildman–Crippen LogP) is 0.919. The predicted molar refractivity (Wildman–Crippen MR) is 54.6 cm³/mol. The number of nitrogens with zero attached hydrogens (tertiary/aromatic N) is 1. The quantitative estimate of drug-likeness (QED) is 0.410. The minimum absolute atomic E-state index is 0.259. The van der Waals surface area contributed by atoms with E-state index in [-0.39, 0.29) is 6.03 Å². The number of carbonyl (C=O) groups is 1. The van der Waals surface area contributed by atoms with Gasteiger partial charge in [-0.2, -0.15) is 11.8 Å². The third-order valence-electron chi connectivity index (χ3n) is 1.48. The lowest BCUT2D eigenvalue weighted by Crippen LogP contribution is -2.22. The summed E-state index contributed by atoms with van der Waals surface area (Å²) >= 11 is 1.79. The Morgan fingerprint density at radius 2 is 2.62 bits per heavy atom. The first-order valence-electron chi connectivity index (χ1n) is 4.29. The van der Waals surface area contributed by atoms with Gasteiger partial charge in [0, 0.05) is 24.3 Å². The summed E-state index contributed by atoms with van der Waals surface area (Å²) in [5.74, 6) is 1.96. The van der Waals surface area contributed by atoms with Crippen molar-refractivity contribution < 1.29 is 9.53 Å². The molecule has 5 heteroatoms. The molecule has 0 spiro atoms. The van der Waals surface area contributed by atoms with Gasteiger partial charge in [-0.05, 0) is 6.92 Å². The van der Waals surface area contributed by atoms with E-state index < -0.39 is 0 Å². The van der Waals surface area contributed by atoms with Crippen molar-refractivity contribution in [2.45, 2.75) is 13.0 Å². The third kappa shape index (κ3) is 5.65. The maximum atomic E-state index is 10.8. The zero-order valence-electron chi connectivity index (χ0n) is 7.66. The van der Waals surface area contributed by atoms with Gasteiger partial charge in [0.25, 0.3) is 0 Å². The van der Waals surface area contributed by atoms with Crippen LogP contribution < -0.4 is 5.32 Å². The molecule has 1 atom stereocenters. The van der Waals surface area contributed by atoms with Crippen LogP contribution in [0, 0.1) is 0 Å². The molecule has 0 radical (unpaired) electrons.